The quantitative estimate of drug-likeness (QED) is 0.800. The molecule has 0 aromatic heterocycles. The molecular formula is C14H14FNO2. The molecule has 0 spiro atoms. The number of amides is 1. The van der Waals surface area contributed by atoms with Crippen LogP contribution < -0.4 is 0 Å². The molecule has 1 amide bonds. The fourth-order valence-electron chi connectivity index (χ4n) is 1.99. The smallest absolute Gasteiger partial charge is 0.222 e. The molecule has 3 nitrogen and oxygen atoms in total. The first-order chi connectivity index (χ1) is 8.70. The number of carbonyl (C=O) groups excluding carboxylic acids is 1. The number of aliphatic hydroxyl groups is 1. The zero-order chi connectivity index (χ0) is 13.0. The lowest BCUT2D eigenvalue weighted by atomic mass is 10.1. The van der Waals surface area contributed by atoms with Crippen LogP contribution in [0.25, 0.3) is 0 Å². The second-order valence-corrected chi connectivity index (χ2v) is 4.19. The van der Waals surface area contributed by atoms with Gasteiger partial charge >= 0.3 is 0 Å². The van der Waals surface area contributed by atoms with E-state index in [4.69, 9.17) is 5.11 Å². The van der Waals surface area contributed by atoms with Crippen molar-refractivity contribution in [3.63, 3.8) is 0 Å². The maximum absolute atomic E-state index is 13.4. The van der Waals surface area contributed by atoms with Crippen LogP contribution >= 0.6 is 0 Å². The second-order valence-electron chi connectivity index (χ2n) is 4.19. The molecule has 1 aromatic carbocycles. The number of rotatable bonds is 2. The maximum atomic E-state index is 13.4. The first kappa shape index (κ1) is 12.6. The van der Waals surface area contributed by atoms with E-state index in [1.54, 1.807) is 17.0 Å². The van der Waals surface area contributed by atoms with Gasteiger partial charge in [0.1, 0.15) is 12.4 Å². The van der Waals surface area contributed by atoms with Gasteiger partial charge in [0.15, 0.2) is 0 Å². The number of nitrogens with zero attached hydrogens (tertiary/aromatic N) is 1. The van der Waals surface area contributed by atoms with E-state index in [9.17, 15) is 9.18 Å². The minimum atomic E-state index is -0.410. The third-order valence-electron chi connectivity index (χ3n) is 2.88. The van der Waals surface area contributed by atoms with E-state index in [1.807, 2.05) is 0 Å². The highest BCUT2D eigenvalue weighted by molar-refractivity contribution is 5.78. The summed E-state index contributed by atoms with van der Waals surface area (Å²) in [6.45, 7) is 0.953. The average molecular weight is 247 g/mol. The summed E-state index contributed by atoms with van der Waals surface area (Å²) in [5.74, 6) is 4.71. The Labute approximate surface area is 105 Å². The van der Waals surface area contributed by atoms with Gasteiger partial charge in [0, 0.05) is 19.5 Å². The van der Waals surface area contributed by atoms with Crippen molar-refractivity contribution in [2.24, 2.45) is 0 Å². The van der Waals surface area contributed by atoms with Crippen LogP contribution in [0.15, 0.2) is 18.2 Å². The molecule has 4 heteroatoms. The van der Waals surface area contributed by atoms with Gasteiger partial charge < -0.3 is 10.0 Å². The van der Waals surface area contributed by atoms with Crippen molar-refractivity contribution in [1.29, 1.82) is 0 Å². The molecule has 2 rings (SSSR count). The summed E-state index contributed by atoms with van der Waals surface area (Å²) >= 11 is 0. The molecule has 0 bridgehead atoms. The molecule has 0 aliphatic carbocycles. The fraction of sp³-hybridized carbons (Fsp3) is 0.357. The van der Waals surface area contributed by atoms with Gasteiger partial charge in [-0.3, -0.25) is 4.79 Å². The Morgan fingerprint density at radius 1 is 1.44 bits per heavy atom. The molecule has 0 atom stereocenters. The maximum Gasteiger partial charge on any atom is 0.222 e. The summed E-state index contributed by atoms with van der Waals surface area (Å²) in [5, 5.41) is 8.60. The van der Waals surface area contributed by atoms with E-state index < -0.39 is 5.82 Å². The van der Waals surface area contributed by atoms with E-state index >= 15 is 0 Å². The Hall–Kier alpha value is -1.86. The molecule has 1 saturated heterocycles. The first-order valence-corrected chi connectivity index (χ1v) is 5.86. The Morgan fingerprint density at radius 3 is 2.94 bits per heavy atom. The minimum Gasteiger partial charge on any atom is -0.384 e. The molecule has 0 radical (unpaired) electrons. The Bertz CT molecular complexity index is 516. The van der Waals surface area contributed by atoms with Crippen LogP contribution in [0.3, 0.4) is 0 Å². The van der Waals surface area contributed by atoms with E-state index in [0.29, 0.717) is 13.0 Å². The fourth-order valence-corrected chi connectivity index (χ4v) is 1.99. The molecule has 18 heavy (non-hydrogen) atoms. The number of likely N-dealkylation sites (tertiary alicyclic amines) is 1. The summed E-state index contributed by atoms with van der Waals surface area (Å²) in [7, 11) is 0. The lowest BCUT2D eigenvalue weighted by molar-refractivity contribution is -0.128. The Kier molecular flexibility index (Phi) is 3.96. The van der Waals surface area contributed by atoms with Gasteiger partial charge in [0.25, 0.3) is 0 Å². The van der Waals surface area contributed by atoms with Gasteiger partial charge in [-0.1, -0.05) is 17.9 Å². The standard InChI is InChI=1S/C14H14FNO2/c15-13-6-5-11(9-12(13)3-2-8-17)10-16-7-1-4-14(16)18/h5-6,9,17H,1,4,7-8,10H2. The average Bonchev–Trinajstić information content (AvgIpc) is 2.76. The first-order valence-electron chi connectivity index (χ1n) is 5.86. The van der Waals surface area contributed by atoms with Crippen LogP contribution in [-0.4, -0.2) is 29.1 Å². The molecular weight excluding hydrogens is 233 g/mol. The van der Waals surface area contributed by atoms with E-state index in [2.05, 4.69) is 11.8 Å². The number of hydrogen-bond donors (Lipinski definition) is 1. The third-order valence-corrected chi connectivity index (χ3v) is 2.88. The van der Waals surface area contributed by atoms with Crippen molar-refractivity contribution in [2.75, 3.05) is 13.2 Å². The van der Waals surface area contributed by atoms with Crippen molar-refractivity contribution < 1.29 is 14.3 Å². The highest BCUT2D eigenvalue weighted by Gasteiger charge is 2.20. The van der Waals surface area contributed by atoms with Gasteiger partial charge in [-0.2, -0.15) is 0 Å². The van der Waals surface area contributed by atoms with Crippen LogP contribution in [0.4, 0.5) is 4.39 Å². The highest BCUT2D eigenvalue weighted by atomic mass is 19.1. The predicted molar refractivity (Wildman–Crippen MR) is 65.0 cm³/mol. The van der Waals surface area contributed by atoms with Crippen molar-refractivity contribution >= 4 is 5.91 Å². The van der Waals surface area contributed by atoms with Crippen LogP contribution in [0.2, 0.25) is 0 Å². The van der Waals surface area contributed by atoms with E-state index in [-0.39, 0.29) is 18.1 Å². The normalized spacial score (nSPS) is 14.6. The zero-order valence-electron chi connectivity index (χ0n) is 9.95. The van der Waals surface area contributed by atoms with E-state index in [1.165, 1.54) is 6.07 Å². The molecule has 94 valence electrons. The molecule has 1 aromatic rings. The van der Waals surface area contributed by atoms with Crippen molar-refractivity contribution in [1.82, 2.24) is 4.90 Å². The molecule has 0 unspecified atom stereocenters. The van der Waals surface area contributed by atoms with Gasteiger partial charge in [-0.05, 0) is 24.1 Å². The van der Waals surface area contributed by atoms with Crippen LogP contribution in [0, 0.1) is 17.7 Å². The predicted octanol–water partition coefficient (Wildman–Crippen LogP) is 1.29. The van der Waals surface area contributed by atoms with E-state index in [0.717, 1.165) is 18.5 Å². The van der Waals surface area contributed by atoms with Crippen LogP contribution in [0.1, 0.15) is 24.0 Å². The summed E-state index contributed by atoms with van der Waals surface area (Å²) in [6.07, 6.45) is 1.48. The van der Waals surface area contributed by atoms with Crippen LogP contribution in [-0.2, 0) is 11.3 Å². The summed E-state index contributed by atoms with van der Waals surface area (Å²) < 4.78 is 13.4. The lowest BCUT2D eigenvalue weighted by Crippen LogP contribution is -2.23. The number of aliphatic hydroxyl groups excluding tert-OH is 1. The van der Waals surface area contributed by atoms with Crippen molar-refractivity contribution in [3.05, 3.63) is 35.1 Å². The summed E-state index contributed by atoms with van der Waals surface area (Å²) in [5.41, 5.74) is 1.11. The van der Waals surface area contributed by atoms with Gasteiger partial charge in [-0.15, -0.1) is 0 Å². The molecule has 1 N–H and O–H groups in total. The molecule has 1 fully saturated rings. The van der Waals surface area contributed by atoms with Crippen LogP contribution in [0.5, 0.6) is 0 Å². The molecule has 0 saturated carbocycles. The number of hydrogen-bond acceptors (Lipinski definition) is 2. The highest BCUT2D eigenvalue weighted by Crippen LogP contribution is 2.16. The summed E-state index contributed by atoms with van der Waals surface area (Å²) in [4.78, 5) is 13.3. The third kappa shape index (κ3) is 2.88. The number of carbonyl (C=O) groups is 1. The number of halogens is 1. The monoisotopic (exact) mass is 247 g/mol. The minimum absolute atomic E-state index is 0.141. The zero-order valence-corrected chi connectivity index (χ0v) is 9.95. The Balaban J connectivity index is 2.16. The second kappa shape index (κ2) is 5.65. The Morgan fingerprint density at radius 2 is 2.28 bits per heavy atom. The topological polar surface area (TPSA) is 40.5 Å². The van der Waals surface area contributed by atoms with Gasteiger partial charge in [0.2, 0.25) is 5.91 Å². The molecule has 1 aliphatic rings. The number of benzene rings is 1. The largest absolute Gasteiger partial charge is 0.384 e. The van der Waals surface area contributed by atoms with Crippen molar-refractivity contribution in [3.8, 4) is 11.8 Å². The molecule has 1 aliphatic heterocycles. The van der Waals surface area contributed by atoms with Gasteiger partial charge in [0.05, 0.1) is 5.56 Å². The lowest BCUT2D eigenvalue weighted by Gasteiger charge is -2.15. The summed E-state index contributed by atoms with van der Waals surface area (Å²) in [6, 6.07) is 4.63. The molecule has 1 heterocycles. The van der Waals surface area contributed by atoms with Gasteiger partial charge in [-0.25, -0.2) is 4.39 Å². The SMILES string of the molecule is O=C1CCCN1Cc1ccc(F)c(C#CCO)c1. The van der Waals surface area contributed by atoms with Crippen molar-refractivity contribution in [2.45, 2.75) is 19.4 Å².